The molecule has 36 heavy (non-hydrogen) atoms. The van der Waals surface area contributed by atoms with E-state index in [9.17, 15) is 14.9 Å². The molecular formula is C28H23N5O3. The summed E-state index contributed by atoms with van der Waals surface area (Å²) in [6.07, 6.45) is 6.67. The number of nitriles is 1. The fraction of sp³-hybridized carbons (Fsp3) is 0.107. The summed E-state index contributed by atoms with van der Waals surface area (Å²) >= 11 is 0. The summed E-state index contributed by atoms with van der Waals surface area (Å²) in [5, 5.41) is 17.1. The lowest BCUT2D eigenvalue weighted by atomic mass is 10.1. The Bertz CT molecular complexity index is 1420. The Balaban J connectivity index is 1.60. The van der Waals surface area contributed by atoms with E-state index in [0.717, 1.165) is 11.1 Å². The number of hydrogen-bond acceptors (Lipinski definition) is 6. The fourth-order valence-corrected chi connectivity index (χ4v) is 3.53. The molecule has 0 spiro atoms. The molecule has 2 aromatic heterocycles. The van der Waals surface area contributed by atoms with Crippen LogP contribution in [0.3, 0.4) is 0 Å². The van der Waals surface area contributed by atoms with Gasteiger partial charge in [-0.1, -0.05) is 30.3 Å². The van der Waals surface area contributed by atoms with Crippen molar-refractivity contribution in [3.8, 4) is 17.3 Å². The van der Waals surface area contributed by atoms with Crippen molar-refractivity contribution in [2.75, 3.05) is 11.9 Å². The van der Waals surface area contributed by atoms with Crippen molar-refractivity contribution in [2.45, 2.75) is 13.5 Å². The van der Waals surface area contributed by atoms with Gasteiger partial charge in [0.1, 0.15) is 17.3 Å². The predicted molar refractivity (Wildman–Crippen MR) is 136 cm³/mol. The van der Waals surface area contributed by atoms with Crippen LogP contribution in [0.2, 0.25) is 0 Å². The van der Waals surface area contributed by atoms with Gasteiger partial charge >= 0.3 is 5.97 Å². The predicted octanol–water partition coefficient (Wildman–Crippen LogP) is 4.72. The monoisotopic (exact) mass is 477 g/mol. The minimum Gasteiger partial charge on any atom is -0.462 e. The number of carbonyl (C=O) groups is 2. The Morgan fingerprint density at radius 1 is 1.08 bits per heavy atom. The Hall–Kier alpha value is -5.03. The molecule has 4 aromatic rings. The van der Waals surface area contributed by atoms with Crippen LogP contribution in [0.25, 0.3) is 17.3 Å². The third-order valence-corrected chi connectivity index (χ3v) is 5.23. The molecule has 0 aliphatic carbocycles. The molecule has 0 saturated heterocycles. The standard InChI is InChI=1S/C28H23N5O3/c1-2-36-28(35)21-10-12-25(13-11-21)31-27(34)23(16-29)15-24-19-33(18-20-7-4-3-5-8-20)32-26(24)22-9-6-14-30-17-22/h3-15,17,19H,2,18H2,1H3,(H,31,34)/b23-15+. The summed E-state index contributed by atoms with van der Waals surface area (Å²) in [5.74, 6) is -1.02. The number of nitrogens with one attached hydrogen (secondary N) is 1. The number of ether oxygens (including phenoxy) is 1. The van der Waals surface area contributed by atoms with Crippen molar-refractivity contribution in [1.29, 1.82) is 5.26 Å². The first-order chi connectivity index (χ1) is 17.6. The van der Waals surface area contributed by atoms with Crippen LogP contribution in [0.15, 0.2) is 90.9 Å². The van der Waals surface area contributed by atoms with Gasteiger partial charge in [-0.05, 0) is 55.0 Å². The molecule has 0 radical (unpaired) electrons. The third-order valence-electron chi connectivity index (χ3n) is 5.23. The van der Waals surface area contributed by atoms with Crippen molar-refractivity contribution in [1.82, 2.24) is 14.8 Å². The van der Waals surface area contributed by atoms with E-state index in [0.29, 0.717) is 29.1 Å². The second kappa shape index (κ2) is 11.4. The van der Waals surface area contributed by atoms with Gasteiger partial charge in [-0.25, -0.2) is 4.79 Å². The van der Waals surface area contributed by atoms with Crippen molar-refractivity contribution in [2.24, 2.45) is 0 Å². The summed E-state index contributed by atoms with van der Waals surface area (Å²) in [4.78, 5) is 28.9. The van der Waals surface area contributed by atoms with Crippen molar-refractivity contribution in [3.05, 3.63) is 108 Å². The fourth-order valence-electron chi connectivity index (χ4n) is 3.53. The number of amides is 1. The van der Waals surface area contributed by atoms with Gasteiger partial charge in [0.15, 0.2) is 0 Å². The first kappa shape index (κ1) is 24.1. The summed E-state index contributed by atoms with van der Waals surface area (Å²) in [6, 6.07) is 21.8. The van der Waals surface area contributed by atoms with E-state index in [1.165, 1.54) is 6.08 Å². The van der Waals surface area contributed by atoms with Gasteiger partial charge in [-0.15, -0.1) is 0 Å². The molecule has 0 atom stereocenters. The number of anilines is 1. The van der Waals surface area contributed by atoms with E-state index in [2.05, 4.69) is 10.3 Å². The van der Waals surface area contributed by atoms with Crippen LogP contribution in [0.1, 0.15) is 28.4 Å². The molecule has 8 heteroatoms. The van der Waals surface area contributed by atoms with Crippen molar-refractivity contribution < 1.29 is 14.3 Å². The summed E-state index contributed by atoms with van der Waals surface area (Å²) < 4.78 is 6.74. The van der Waals surface area contributed by atoms with Gasteiger partial charge in [-0.3, -0.25) is 14.5 Å². The Kier molecular flexibility index (Phi) is 7.63. The number of nitrogens with zero attached hydrogens (tertiary/aromatic N) is 4. The third kappa shape index (κ3) is 5.90. The second-order valence-electron chi connectivity index (χ2n) is 7.78. The minimum absolute atomic E-state index is 0.0890. The molecule has 0 saturated carbocycles. The summed E-state index contributed by atoms with van der Waals surface area (Å²) in [5.41, 5.74) is 3.79. The highest BCUT2D eigenvalue weighted by atomic mass is 16.5. The maximum atomic E-state index is 12.9. The van der Waals surface area contributed by atoms with Crippen LogP contribution in [0.5, 0.6) is 0 Å². The largest absolute Gasteiger partial charge is 0.462 e. The molecule has 1 N–H and O–H groups in total. The molecule has 0 aliphatic rings. The molecule has 0 fully saturated rings. The zero-order chi connectivity index (χ0) is 25.3. The van der Waals surface area contributed by atoms with E-state index in [1.807, 2.05) is 42.5 Å². The molecule has 8 nitrogen and oxygen atoms in total. The maximum Gasteiger partial charge on any atom is 0.338 e. The molecule has 2 heterocycles. The molecule has 2 aromatic carbocycles. The van der Waals surface area contributed by atoms with Gasteiger partial charge < -0.3 is 10.1 Å². The van der Waals surface area contributed by atoms with E-state index < -0.39 is 11.9 Å². The van der Waals surface area contributed by atoms with Gasteiger partial charge in [0.2, 0.25) is 0 Å². The van der Waals surface area contributed by atoms with Gasteiger partial charge in [0.25, 0.3) is 5.91 Å². The van der Waals surface area contributed by atoms with Crippen LogP contribution in [-0.2, 0) is 16.1 Å². The zero-order valence-corrected chi connectivity index (χ0v) is 19.6. The molecule has 178 valence electrons. The molecular weight excluding hydrogens is 454 g/mol. The number of aromatic nitrogens is 3. The highest BCUT2D eigenvalue weighted by Crippen LogP contribution is 2.24. The lowest BCUT2D eigenvalue weighted by Crippen LogP contribution is -2.13. The van der Waals surface area contributed by atoms with E-state index in [-0.39, 0.29) is 12.2 Å². The topological polar surface area (TPSA) is 110 Å². The van der Waals surface area contributed by atoms with Crippen molar-refractivity contribution >= 4 is 23.6 Å². The Morgan fingerprint density at radius 2 is 1.86 bits per heavy atom. The van der Waals surface area contributed by atoms with E-state index in [1.54, 1.807) is 60.5 Å². The number of esters is 1. The van der Waals surface area contributed by atoms with Crippen LogP contribution >= 0.6 is 0 Å². The number of rotatable bonds is 8. The normalized spacial score (nSPS) is 10.9. The molecule has 0 bridgehead atoms. The number of benzene rings is 2. The number of hydrogen-bond donors (Lipinski definition) is 1. The average Bonchev–Trinajstić information content (AvgIpc) is 3.30. The van der Waals surface area contributed by atoms with Crippen LogP contribution < -0.4 is 5.32 Å². The van der Waals surface area contributed by atoms with Crippen LogP contribution in [0.4, 0.5) is 5.69 Å². The van der Waals surface area contributed by atoms with Gasteiger partial charge in [-0.2, -0.15) is 10.4 Å². The van der Waals surface area contributed by atoms with Gasteiger partial charge in [0.05, 0.1) is 18.7 Å². The smallest absolute Gasteiger partial charge is 0.338 e. The first-order valence-electron chi connectivity index (χ1n) is 11.3. The molecule has 0 unspecified atom stereocenters. The molecule has 0 aliphatic heterocycles. The second-order valence-corrected chi connectivity index (χ2v) is 7.78. The van der Waals surface area contributed by atoms with Crippen molar-refractivity contribution in [3.63, 3.8) is 0 Å². The summed E-state index contributed by atoms with van der Waals surface area (Å²) in [6.45, 7) is 2.53. The van der Waals surface area contributed by atoms with Gasteiger partial charge in [0, 0.05) is 35.4 Å². The highest BCUT2D eigenvalue weighted by molar-refractivity contribution is 6.10. The summed E-state index contributed by atoms with van der Waals surface area (Å²) in [7, 11) is 0. The number of carbonyl (C=O) groups excluding carboxylic acids is 2. The quantitative estimate of drug-likeness (QED) is 0.223. The SMILES string of the molecule is CCOC(=O)c1ccc(NC(=O)/C(C#N)=C/c2cn(Cc3ccccc3)nc2-c2cccnc2)cc1. The zero-order valence-electron chi connectivity index (χ0n) is 19.6. The number of pyridine rings is 1. The van der Waals surface area contributed by atoms with E-state index in [4.69, 9.17) is 9.84 Å². The first-order valence-corrected chi connectivity index (χ1v) is 11.3. The lowest BCUT2D eigenvalue weighted by Gasteiger charge is -2.06. The van der Waals surface area contributed by atoms with Crippen LogP contribution in [-0.4, -0.2) is 33.2 Å². The average molecular weight is 478 g/mol. The molecule has 1 amide bonds. The highest BCUT2D eigenvalue weighted by Gasteiger charge is 2.15. The lowest BCUT2D eigenvalue weighted by molar-refractivity contribution is -0.112. The Labute approximate surface area is 208 Å². The van der Waals surface area contributed by atoms with Crippen LogP contribution in [0, 0.1) is 11.3 Å². The van der Waals surface area contributed by atoms with E-state index >= 15 is 0 Å². The Morgan fingerprint density at radius 3 is 2.53 bits per heavy atom. The molecule has 4 rings (SSSR count). The maximum absolute atomic E-state index is 12.9. The minimum atomic E-state index is -0.575.